The zero-order valence-electron chi connectivity index (χ0n) is 14.8. The molecule has 3 aliphatic rings. The molecule has 0 aromatic heterocycles. The van der Waals surface area contributed by atoms with E-state index >= 15 is 0 Å². The summed E-state index contributed by atoms with van der Waals surface area (Å²) in [5.74, 6) is 2.10. The molecule has 1 saturated heterocycles. The summed E-state index contributed by atoms with van der Waals surface area (Å²) < 4.78 is 0. The highest BCUT2D eigenvalue weighted by Crippen LogP contribution is 2.36. The number of fused-ring (bicyclic) bond motifs is 6. The summed E-state index contributed by atoms with van der Waals surface area (Å²) in [6, 6.07) is 1.69. The predicted octanol–water partition coefficient (Wildman–Crippen LogP) is 6.22. The molecule has 1 heteroatoms. The lowest BCUT2D eigenvalue weighted by molar-refractivity contribution is 0.175. The van der Waals surface area contributed by atoms with Crippen LogP contribution < -0.4 is 5.32 Å². The van der Waals surface area contributed by atoms with Crippen molar-refractivity contribution < 1.29 is 0 Å². The van der Waals surface area contributed by atoms with Gasteiger partial charge in [0.05, 0.1) is 0 Å². The summed E-state index contributed by atoms with van der Waals surface area (Å²) >= 11 is 0. The van der Waals surface area contributed by atoms with Crippen molar-refractivity contribution in [2.45, 2.75) is 121 Å². The van der Waals surface area contributed by atoms with Crippen LogP contribution >= 0.6 is 0 Å². The molecule has 0 aromatic rings. The topological polar surface area (TPSA) is 12.0 Å². The van der Waals surface area contributed by atoms with Crippen LogP contribution in [-0.4, -0.2) is 12.1 Å². The highest BCUT2D eigenvalue weighted by atomic mass is 15.0. The largest absolute Gasteiger partial charge is 0.311 e. The van der Waals surface area contributed by atoms with Crippen LogP contribution in [0.4, 0.5) is 0 Å². The second kappa shape index (κ2) is 9.30. The third-order valence-electron chi connectivity index (χ3n) is 6.87. The number of nitrogens with one attached hydrogen (secondary N) is 1. The maximum atomic E-state index is 4.13. The normalized spacial score (nSPS) is 39.3. The van der Waals surface area contributed by atoms with Gasteiger partial charge >= 0.3 is 0 Å². The minimum absolute atomic E-state index is 0.842. The molecule has 0 spiro atoms. The van der Waals surface area contributed by atoms with Crippen molar-refractivity contribution in [3.05, 3.63) is 0 Å². The summed E-state index contributed by atoms with van der Waals surface area (Å²) in [5.41, 5.74) is 0. The Morgan fingerprint density at radius 2 is 0.955 bits per heavy atom. The van der Waals surface area contributed by atoms with E-state index in [9.17, 15) is 0 Å². The van der Waals surface area contributed by atoms with Crippen molar-refractivity contribution in [1.82, 2.24) is 5.32 Å². The molecule has 1 nitrogen and oxygen atoms in total. The molecule has 0 amide bonds. The average molecular weight is 306 g/mol. The summed E-state index contributed by atoms with van der Waals surface area (Å²) in [5, 5.41) is 4.13. The predicted molar refractivity (Wildman–Crippen MR) is 96.2 cm³/mol. The van der Waals surface area contributed by atoms with Crippen molar-refractivity contribution in [1.29, 1.82) is 0 Å². The van der Waals surface area contributed by atoms with Gasteiger partial charge in [0.25, 0.3) is 0 Å². The van der Waals surface area contributed by atoms with E-state index in [1.165, 1.54) is 103 Å². The van der Waals surface area contributed by atoms with Crippen LogP contribution in [0.2, 0.25) is 0 Å². The van der Waals surface area contributed by atoms with Gasteiger partial charge in [-0.25, -0.2) is 0 Å². The van der Waals surface area contributed by atoms with Crippen molar-refractivity contribution in [2.75, 3.05) is 0 Å². The number of hydrogen-bond donors (Lipinski definition) is 1. The van der Waals surface area contributed by atoms with Crippen molar-refractivity contribution in [3.8, 4) is 0 Å². The molecule has 1 N–H and O–H groups in total. The van der Waals surface area contributed by atoms with Crippen LogP contribution in [0.15, 0.2) is 0 Å². The molecular formula is C21H39N. The minimum Gasteiger partial charge on any atom is -0.311 e. The van der Waals surface area contributed by atoms with Crippen LogP contribution in [0.25, 0.3) is 0 Å². The van der Waals surface area contributed by atoms with Crippen molar-refractivity contribution in [2.24, 2.45) is 11.8 Å². The summed E-state index contributed by atoms with van der Waals surface area (Å²) in [6.45, 7) is 0. The maximum absolute atomic E-state index is 4.13. The van der Waals surface area contributed by atoms with Crippen LogP contribution in [-0.2, 0) is 0 Å². The molecule has 0 aromatic carbocycles. The van der Waals surface area contributed by atoms with Gasteiger partial charge in [-0.3, -0.25) is 0 Å². The van der Waals surface area contributed by atoms with Gasteiger partial charge in [-0.05, 0) is 43.9 Å². The molecule has 1 aliphatic heterocycles. The van der Waals surface area contributed by atoms with Crippen molar-refractivity contribution in [3.63, 3.8) is 0 Å². The van der Waals surface area contributed by atoms with E-state index in [-0.39, 0.29) is 0 Å². The Morgan fingerprint density at radius 1 is 0.409 bits per heavy atom. The Kier molecular flexibility index (Phi) is 7.11. The van der Waals surface area contributed by atoms with Gasteiger partial charge in [0.15, 0.2) is 0 Å². The molecule has 4 bridgehead atoms. The molecule has 2 aliphatic carbocycles. The van der Waals surface area contributed by atoms with Gasteiger partial charge in [0.1, 0.15) is 0 Å². The quantitative estimate of drug-likeness (QED) is 0.560. The molecule has 22 heavy (non-hydrogen) atoms. The van der Waals surface area contributed by atoms with Gasteiger partial charge in [-0.15, -0.1) is 0 Å². The molecule has 3 rings (SSSR count). The van der Waals surface area contributed by atoms with E-state index < -0.39 is 0 Å². The van der Waals surface area contributed by atoms with Crippen LogP contribution in [0.3, 0.4) is 0 Å². The van der Waals surface area contributed by atoms with E-state index in [1.807, 2.05) is 0 Å². The maximum Gasteiger partial charge on any atom is 0.00723 e. The molecule has 4 unspecified atom stereocenters. The standard InChI is InChI=1S/C21H39N/c1-3-7-11-18-15-16-20(13-9-5-1)22-21-14-10-6-2-4-8-12-19(18)17-21/h18-22H,1-17H2. The minimum atomic E-state index is 0.842. The fourth-order valence-electron chi connectivity index (χ4n) is 5.51. The van der Waals surface area contributed by atoms with Gasteiger partial charge in [-0.2, -0.15) is 0 Å². The van der Waals surface area contributed by atoms with Gasteiger partial charge < -0.3 is 5.32 Å². The molecule has 3 fully saturated rings. The van der Waals surface area contributed by atoms with E-state index in [2.05, 4.69) is 5.32 Å². The zero-order chi connectivity index (χ0) is 15.0. The van der Waals surface area contributed by atoms with E-state index in [0.29, 0.717) is 0 Å². The third kappa shape index (κ3) is 5.25. The third-order valence-corrected chi connectivity index (χ3v) is 6.87. The van der Waals surface area contributed by atoms with E-state index in [0.717, 1.165) is 23.9 Å². The number of rotatable bonds is 0. The van der Waals surface area contributed by atoms with Crippen LogP contribution in [0, 0.1) is 11.8 Å². The highest BCUT2D eigenvalue weighted by molar-refractivity contribution is 4.85. The van der Waals surface area contributed by atoms with E-state index in [4.69, 9.17) is 0 Å². The zero-order valence-corrected chi connectivity index (χ0v) is 14.8. The lowest BCUT2D eigenvalue weighted by Gasteiger charge is -2.37. The molecule has 128 valence electrons. The Hall–Kier alpha value is -0.0400. The summed E-state index contributed by atoms with van der Waals surface area (Å²) in [6.07, 6.45) is 25.4. The molecule has 1 heterocycles. The number of hydrogen-bond acceptors (Lipinski definition) is 1. The van der Waals surface area contributed by atoms with Gasteiger partial charge in [-0.1, -0.05) is 77.0 Å². The second-order valence-electron chi connectivity index (χ2n) is 8.58. The lowest BCUT2D eigenvalue weighted by Crippen LogP contribution is -2.43. The highest BCUT2D eigenvalue weighted by Gasteiger charge is 2.29. The monoisotopic (exact) mass is 305 g/mol. The lowest BCUT2D eigenvalue weighted by atomic mass is 9.75. The molecule has 2 saturated carbocycles. The molecule has 4 atom stereocenters. The first-order valence-corrected chi connectivity index (χ1v) is 10.7. The van der Waals surface area contributed by atoms with Crippen LogP contribution in [0.1, 0.15) is 109 Å². The van der Waals surface area contributed by atoms with Crippen LogP contribution in [0.5, 0.6) is 0 Å². The Bertz CT molecular complexity index is 300. The first-order valence-electron chi connectivity index (χ1n) is 10.7. The fraction of sp³-hybridized carbons (Fsp3) is 1.00. The Morgan fingerprint density at radius 3 is 1.68 bits per heavy atom. The average Bonchev–Trinajstić information content (AvgIpc) is 2.56. The molecule has 0 radical (unpaired) electrons. The Labute approximate surface area is 139 Å². The first kappa shape index (κ1) is 16.8. The SMILES string of the molecule is C1CCCC2CCC(CCC1)C1CCCCCCCC(C1)N2. The molecular weight excluding hydrogens is 266 g/mol. The smallest absolute Gasteiger partial charge is 0.00723 e. The fourth-order valence-corrected chi connectivity index (χ4v) is 5.51. The summed E-state index contributed by atoms with van der Waals surface area (Å²) in [4.78, 5) is 0. The first-order chi connectivity index (χ1) is 10.9. The second-order valence-corrected chi connectivity index (χ2v) is 8.58. The Balaban J connectivity index is 1.71. The van der Waals surface area contributed by atoms with Gasteiger partial charge in [0.2, 0.25) is 0 Å². The summed E-state index contributed by atoms with van der Waals surface area (Å²) in [7, 11) is 0. The van der Waals surface area contributed by atoms with Crippen molar-refractivity contribution >= 4 is 0 Å². The van der Waals surface area contributed by atoms with E-state index in [1.54, 1.807) is 6.42 Å². The van der Waals surface area contributed by atoms with Gasteiger partial charge in [0, 0.05) is 12.1 Å².